The number of nitrogens with one attached hydrogen (secondary N) is 2. The maximum atomic E-state index is 13.1. The predicted molar refractivity (Wildman–Crippen MR) is 112 cm³/mol. The first-order valence-corrected chi connectivity index (χ1v) is 10.4. The van der Waals surface area contributed by atoms with Crippen molar-refractivity contribution in [3.8, 4) is 0 Å². The average Bonchev–Trinajstić information content (AvgIpc) is 3.37. The van der Waals surface area contributed by atoms with E-state index in [-0.39, 0.29) is 10.4 Å². The van der Waals surface area contributed by atoms with Crippen LogP contribution in [0.25, 0.3) is 0 Å². The topological polar surface area (TPSA) is 41.9 Å². The molecule has 1 aromatic carbocycles. The summed E-state index contributed by atoms with van der Waals surface area (Å²) in [6.07, 6.45) is -2.09. The van der Waals surface area contributed by atoms with Gasteiger partial charge in [0.05, 0.1) is 10.2 Å². The molecule has 2 aromatic rings. The number of hydrogen-bond donors (Lipinski definition) is 2. The van der Waals surface area contributed by atoms with Crippen LogP contribution in [0.2, 0.25) is 5.02 Å². The van der Waals surface area contributed by atoms with E-state index in [4.69, 9.17) is 23.8 Å². The van der Waals surface area contributed by atoms with Crippen LogP contribution < -0.4 is 10.6 Å². The predicted octanol–water partition coefficient (Wildman–Crippen LogP) is 5.88. The highest BCUT2D eigenvalue weighted by molar-refractivity contribution is 9.10. The number of nitrogens with zero attached hydrogens (tertiary/aromatic N) is 2. The van der Waals surface area contributed by atoms with E-state index in [0.717, 1.165) is 24.1 Å². The summed E-state index contributed by atoms with van der Waals surface area (Å²) in [6.45, 7) is 2.80. The Morgan fingerprint density at radius 3 is 2.71 bits per heavy atom. The van der Waals surface area contributed by atoms with Gasteiger partial charge >= 0.3 is 6.18 Å². The van der Waals surface area contributed by atoms with E-state index in [1.54, 1.807) is 6.07 Å². The van der Waals surface area contributed by atoms with Crippen molar-refractivity contribution in [1.29, 1.82) is 0 Å². The molecule has 0 aliphatic heterocycles. The molecule has 0 bridgehead atoms. The quantitative estimate of drug-likeness (QED) is 0.388. The zero-order valence-electron chi connectivity index (χ0n) is 15.0. The Balaban J connectivity index is 1.53. The summed E-state index contributed by atoms with van der Waals surface area (Å²) in [6, 6.07) is 5.55. The first-order chi connectivity index (χ1) is 13.2. The van der Waals surface area contributed by atoms with Crippen LogP contribution in [0.1, 0.15) is 42.1 Å². The number of hydrogen-bond acceptors (Lipinski definition) is 2. The summed E-state index contributed by atoms with van der Waals surface area (Å²) in [5.74, 6) is 0.153. The maximum Gasteiger partial charge on any atom is 0.436 e. The number of thiocarbonyl (C=S) groups is 1. The van der Waals surface area contributed by atoms with Crippen LogP contribution in [-0.4, -0.2) is 21.4 Å². The molecule has 4 nitrogen and oxygen atoms in total. The molecule has 0 spiro atoms. The second kappa shape index (κ2) is 8.59. The van der Waals surface area contributed by atoms with Gasteiger partial charge in [0, 0.05) is 29.7 Å². The number of anilines is 1. The molecule has 3 rings (SSSR count). The van der Waals surface area contributed by atoms with Crippen molar-refractivity contribution in [3.63, 3.8) is 0 Å². The molecule has 2 N–H and O–H groups in total. The second-order valence-corrected chi connectivity index (χ2v) is 8.35. The van der Waals surface area contributed by atoms with E-state index < -0.39 is 11.9 Å². The Morgan fingerprint density at radius 2 is 2.11 bits per heavy atom. The molecule has 1 aromatic heterocycles. The van der Waals surface area contributed by atoms with E-state index in [2.05, 4.69) is 31.7 Å². The van der Waals surface area contributed by atoms with Gasteiger partial charge in [0.1, 0.15) is 0 Å². The van der Waals surface area contributed by atoms with Gasteiger partial charge in [-0.15, -0.1) is 0 Å². The van der Waals surface area contributed by atoms with Crippen molar-refractivity contribution >= 4 is 50.5 Å². The summed E-state index contributed by atoms with van der Waals surface area (Å²) < 4.78 is 40.9. The summed E-state index contributed by atoms with van der Waals surface area (Å²) in [7, 11) is 0. The third-order valence-corrected chi connectivity index (χ3v) is 5.86. The van der Waals surface area contributed by atoms with Gasteiger partial charge in [-0.3, -0.25) is 4.68 Å². The highest BCUT2D eigenvalue weighted by Crippen LogP contribution is 2.47. The zero-order valence-corrected chi connectivity index (χ0v) is 18.2. The number of aromatic nitrogens is 2. The number of aryl methyl sites for hydroxylation is 2. The molecule has 0 radical (unpaired) electrons. The van der Waals surface area contributed by atoms with Crippen LogP contribution >= 0.6 is 39.7 Å². The van der Waals surface area contributed by atoms with Gasteiger partial charge in [0.2, 0.25) is 0 Å². The monoisotopic (exact) mass is 494 g/mol. The summed E-state index contributed by atoms with van der Waals surface area (Å²) in [4.78, 5) is 0. The van der Waals surface area contributed by atoms with Crippen LogP contribution in [0, 0.1) is 6.92 Å². The van der Waals surface area contributed by atoms with Gasteiger partial charge < -0.3 is 10.6 Å². The van der Waals surface area contributed by atoms with Crippen molar-refractivity contribution < 1.29 is 13.2 Å². The first-order valence-electron chi connectivity index (χ1n) is 8.81. The number of alkyl halides is 3. The Kier molecular flexibility index (Phi) is 6.56. The Bertz CT molecular complexity index is 880. The Morgan fingerprint density at radius 1 is 1.39 bits per heavy atom. The van der Waals surface area contributed by atoms with Gasteiger partial charge in [-0.25, -0.2) is 0 Å². The van der Waals surface area contributed by atoms with Crippen LogP contribution in [0.3, 0.4) is 0 Å². The SMILES string of the molecule is Cc1ccc(NC(=S)NCCCn2nc(C(F)(F)F)c(Br)c2C2CC2)cc1Cl. The lowest BCUT2D eigenvalue weighted by Gasteiger charge is -2.12. The van der Waals surface area contributed by atoms with Crippen LogP contribution in [-0.2, 0) is 12.7 Å². The fourth-order valence-corrected chi connectivity index (χ4v) is 4.06. The van der Waals surface area contributed by atoms with Crippen molar-refractivity contribution in [2.24, 2.45) is 0 Å². The van der Waals surface area contributed by atoms with Gasteiger partial charge in [-0.05, 0) is 72.0 Å². The number of benzene rings is 1. The standard InChI is InChI=1S/C18H19BrClF3N4S/c1-10-3-6-12(9-13(10)20)25-17(28)24-7-2-8-27-15(11-4-5-11)14(19)16(26-27)18(21,22)23/h3,6,9,11H,2,4-5,7-8H2,1H3,(H2,24,25,28). The largest absolute Gasteiger partial charge is 0.436 e. The molecular formula is C18H19BrClF3N4S. The summed E-state index contributed by atoms with van der Waals surface area (Å²) >= 11 is 14.4. The van der Waals surface area contributed by atoms with Crippen LogP contribution in [0.5, 0.6) is 0 Å². The van der Waals surface area contributed by atoms with E-state index in [1.807, 2.05) is 19.1 Å². The number of halogens is 5. The van der Waals surface area contributed by atoms with Gasteiger partial charge in [0.25, 0.3) is 0 Å². The number of rotatable bonds is 6. The van der Waals surface area contributed by atoms with E-state index in [1.165, 1.54) is 4.68 Å². The van der Waals surface area contributed by atoms with Crippen molar-refractivity contribution in [2.45, 2.75) is 44.8 Å². The summed E-state index contributed by atoms with van der Waals surface area (Å²) in [5.41, 5.74) is 1.54. The molecule has 0 unspecified atom stereocenters. The lowest BCUT2D eigenvalue weighted by atomic mass is 10.2. The second-order valence-electron chi connectivity index (χ2n) is 6.74. The van der Waals surface area contributed by atoms with Crippen LogP contribution in [0.4, 0.5) is 18.9 Å². The fraction of sp³-hybridized carbons (Fsp3) is 0.444. The lowest BCUT2D eigenvalue weighted by Crippen LogP contribution is -2.30. The van der Waals surface area contributed by atoms with E-state index in [9.17, 15) is 13.2 Å². The van der Waals surface area contributed by atoms with Crippen molar-refractivity contribution in [3.05, 3.63) is 44.6 Å². The molecular weight excluding hydrogens is 477 g/mol. The molecule has 0 saturated heterocycles. The van der Waals surface area contributed by atoms with Crippen molar-refractivity contribution in [1.82, 2.24) is 15.1 Å². The van der Waals surface area contributed by atoms with Gasteiger partial charge in [-0.2, -0.15) is 18.3 Å². The van der Waals surface area contributed by atoms with Gasteiger partial charge in [-0.1, -0.05) is 17.7 Å². The zero-order chi connectivity index (χ0) is 20.5. The molecule has 0 atom stereocenters. The molecule has 1 heterocycles. The smallest absolute Gasteiger partial charge is 0.362 e. The third-order valence-electron chi connectivity index (χ3n) is 4.43. The molecule has 1 aliphatic rings. The molecule has 1 aliphatic carbocycles. The molecule has 10 heteroatoms. The fourth-order valence-electron chi connectivity index (χ4n) is 2.83. The van der Waals surface area contributed by atoms with Gasteiger partial charge in [0.15, 0.2) is 10.8 Å². The highest BCUT2D eigenvalue weighted by Gasteiger charge is 2.41. The molecule has 152 valence electrons. The van der Waals surface area contributed by atoms with E-state index >= 15 is 0 Å². The highest BCUT2D eigenvalue weighted by atomic mass is 79.9. The molecule has 1 saturated carbocycles. The molecule has 1 fully saturated rings. The van der Waals surface area contributed by atoms with E-state index in [0.29, 0.717) is 35.3 Å². The molecule has 0 amide bonds. The minimum Gasteiger partial charge on any atom is -0.362 e. The lowest BCUT2D eigenvalue weighted by molar-refractivity contribution is -0.142. The van der Waals surface area contributed by atoms with Crippen LogP contribution in [0.15, 0.2) is 22.7 Å². The average molecular weight is 496 g/mol. The Hall–Kier alpha value is -1.32. The maximum absolute atomic E-state index is 13.1. The third kappa shape index (κ3) is 5.18. The first kappa shape index (κ1) is 21.4. The normalized spacial score (nSPS) is 14.2. The molecule has 28 heavy (non-hydrogen) atoms. The Labute approximate surface area is 180 Å². The summed E-state index contributed by atoms with van der Waals surface area (Å²) in [5, 5.41) is 11.0. The minimum absolute atomic E-state index is 0.0731. The van der Waals surface area contributed by atoms with Crippen molar-refractivity contribution in [2.75, 3.05) is 11.9 Å². The minimum atomic E-state index is -4.47.